The van der Waals surface area contributed by atoms with E-state index in [1.54, 1.807) is 0 Å². The lowest BCUT2D eigenvalue weighted by Crippen LogP contribution is -2.39. The van der Waals surface area contributed by atoms with E-state index in [4.69, 9.17) is 0 Å². The minimum Gasteiger partial charge on any atom is -0.396 e. The van der Waals surface area contributed by atoms with Crippen LogP contribution >= 0.6 is 15.9 Å². The predicted molar refractivity (Wildman–Crippen MR) is 74.7 cm³/mol. The van der Waals surface area contributed by atoms with E-state index in [9.17, 15) is 9.90 Å². The molecule has 1 unspecified atom stereocenters. The first-order valence-corrected chi connectivity index (χ1v) is 7.10. The van der Waals surface area contributed by atoms with Gasteiger partial charge < -0.3 is 5.11 Å². The topological polar surface area (TPSA) is 40.5 Å². The maximum Gasteiger partial charge on any atom is 0.176 e. The first-order valence-electron chi connectivity index (χ1n) is 6.31. The zero-order valence-electron chi connectivity index (χ0n) is 10.3. The van der Waals surface area contributed by atoms with E-state index >= 15 is 0 Å². The lowest BCUT2D eigenvalue weighted by molar-refractivity contribution is 0.0833. The molecule has 1 fully saturated rings. The van der Waals surface area contributed by atoms with Crippen LogP contribution in [-0.2, 0) is 0 Å². The monoisotopic (exact) mass is 311 g/mol. The van der Waals surface area contributed by atoms with E-state index in [-0.39, 0.29) is 12.4 Å². The average Bonchev–Trinajstić information content (AvgIpc) is 2.39. The highest BCUT2D eigenvalue weighted by atomic mass is 79.9. The van der Waals surface area contributed by atoms with E-state index in [0.29, 0.717) is 12.5 Å². The fourth-order valence-electron chi connectivity index (χ4n) is 2.37. The largest absolute Gasteiger partial charge is 0.396 e. The summed E-state index contributed by atoms with van der Waals surface area (Å²) in [6.07, 6.45) is 2.14. The second kappa shape index (κ2) is 6.45. The van der Waals surface area contributed by atoms with Crippen LogP contribution in [-0.4, -0.2) is 42.0 Å². The molecular formula is C14H18BrNO2. The molecule has 0 aliphatic carbocycles. The van der Waals surface area contributed by atoms with Gasteiger partial charge in [-0.25, -0.2) is 0 Å². The van der Waals surface area contributed by atoms with Gasteiger partial charge in [-0.05, 0) is 37.4 Å². The summed E-state index contributed by atoms with van der Waals surface area (Å²) in [5.41, 5.74) is 0.754. The van der Waals surface area contributed by atoms with Crippen molar-refractivity contribution in [2.45, 2.75) is 12.8 Å². The Morgan fingerprint density at radius 1 is 1.39 bits per heavy atom. The normalized spacial score (nSPS) is 20.9. The van der Waals surface area contributed by atoms with Crippen LogP contribution in [0.25, 0.3) is 0 Å². The molecule has 1 N–H and O–H groups in total. The summed E-state index contributed by atoms with van der Waals surface area (Å²) in [6.45, 7) is 2.47. The number of likely N-dealkylation sites (tertiary alicyclic amines) is 1. The van der Waals surface area contributed by atoms with Crippen LogP contribution in [0.3, 0.4) is 0 Å². The van der Waals surface area contributed by atoms with E-state index in [1.165, 1.54) is 0 Å². The van der Waals surface area contributed by atoms with Gasteiger partial charge >= 0.3 is 0 Å². The third kappa shape index (κ3) is 3.64. The summed E-state index contributed by atoms with van der Waals surface area (Å²) < 4.78 is 0.984. The van der Waals surface area contributed by atoms with Gasteiger partial charge in [-0.15, -0.1) is 0 Å². The van der Waals surface area contributed by atoms with Crippen LogP contribution in [0.2, 0.25) is 0 Å². The number of rotatable bonds is 4. The first-order chi connectivity index (χ1) is 8.69. The number of Topliss-reactive ketones (excluding diaryl/α,β-unsaturated/α-hetero) is 1. The molecule has 0 spiro atoms. The molecule has 0 saturated carbocycles. The van der Waals surface area contributed by atoms with Gasteiger partial charge in [0.2, 0.25) is 0 Å². The fraction of sp³-hybridized carbons (Fsp3) is 0.500. The van der Waals surface area contributed by atoms with Crippen molar-refractivity contribution in [2.24, 2.45) is 5.92 Å². The molecule has 1 saturated heterocycles. The van der Waals surface area contributed by atoms with E-state index in [1.807, 2.05) is 24.3 Å². The van der Waals surface area contributed by atoms with Crippen molar-refractivity contribution in [2.75, 3.05) is 26.2 Å². The molecule has 0 radical (unpaired) electrons. The van der Waals surface area contributed by atoms with Gasteiger partial charge in [0.15, 0.2) is 5.78 Å². The Morgan fingerprint density at radius 2 is 2.11 bits per heavy atom. The van der Waals surface area contributed by atoms with E-state index < -0.39 is 0 Å². The minimum atomic E-state index is 0.154. The number of piperidine rings is 1. The molecule has 18 heavy (non-hydrogen) atoms. The highest BCUT2D eigenvalue weighted by molar-refractivity contribution is 9.10. The molecule has 0 amide bonds. The molecule has 98 valence electrons. The van der Waals surface area contributed by atoms with Crippen molar-refractivity contribution in [3.8, 4) is 0 Å². The van der Waals surface area contributed by atoms with Gasteiger partial charge in [0, 0.05) is 23.2 Å². The molecule has 3 nitrogen and oxygen atoms in total. The lowest BCUT2D eigenvalue weighted by Gasteiger charge is -2.31. The molecule has 1 aromatic rings. The number of hydrogen-bond donors (Lipinski definition) is 1. The van der Waals surface area contributed by atoms with Crippen LogP contribution in [0.1, 0.15) is 23.2 Å². The second-order valence-corrected chi connectivity index (χ2v) is 5.77. The summed E-state index contributed by atoms with van der Waals surface area (Å²) in [7, 11) is 0. The molecule has 1 aliphatic rings. The molecule has 0 aromatic heterocycles. The first kappa shape index (κ1) is 13.7. The van der Waals surface area contributed by atoms with Crippen LogP contribution in [0.15, 0.2) is 28.7 Å². The van der Waals surface area contributed by atoms with Crippen molar-refractivity contribution in [1.29, 1.82) is 0 Å². The maximum atomic E-state index is 12.1. The standard InChI is InChI=1S/C14H18BrNO2/c15-13-5-3-12(4-6-13)14(18)9-16-7-1-2-11(8-16)10-17/h3-6,11,17H,1-2,7-10H2. The van der Waals surface area contributed by atoms with E-state index in [0.717, 1.165) is 36.0 Å². The van der Waals surface area contributed by atoms with Gasteiger partial charge in [-0.3, -0.25) is 9.69 Å². The Balaban J connectivity index is 1.92. The highest BCUT2D eigenvalue weighted by Gasteiger charge is 2.21. The van der Waals surface area contributed by atoms with Crippen LogP contribution in [0.4, 0.5) is 0 Å². The highest BCUT2D eigenvalue weighted by Crippen LogP contribution is 2.17. The Morgan fingerprint density at radius 3 is 2.78 bits per heavy atom. The van der Waals surface area contributed by atoms with E-state index in [2.05, 4.69) is 20.8 Å². The molecule has 1 aromatic carbocycles. The Hall–Kier alpha value is -0.710. The van der Waals surface area contributed by atoms with Gasteiger partial charge in [0.1, 0.15) is 0 Å². The Kier molecular flexibility index (Phi) is 4.92. The molecule has 1 atom stereocenters. The smallest absolute Gasteiger partial charge is 0.176 e. The van der Waals surface area contributed by atoms with Gasteiger partial charge in [-0.2, -0.15) is 0 Å². The number of aliphatic hydroxyl groups is 1. The molecule has 0 bridgehead atoms. The number of ketones is 1. The minimum absolute atomic E-state index is 0.154. The zero-order valence-corrected chi connectivity index (χ0v) is 11.9. The number of nitrogens with zero attached hydrogens (tertiary/aromatic N) is 1. The molecular weight excluding hydrogens is 294 g/mol. The van der Waals surface area contributed by atoms with Gasteiger partial charge in [0.05, 0.1) is 6.54 Å². The Labute approximate surface area is 116 Å². The lowest BCUT2D eigenvalue weighted by atomic mass is 9.98. The summed E-state index contributed by atoms with van der Waals surface area (Å²) in [4.78, 5) is 14.2. The van der Waals surface area contributed by atoms with Crippen molar-refractivity contribution < 1.29 is 9.90 Å². The number of carbonyl (C=O) groups excluding carboxylic acids is 1. The SMILES string of the molecule is O=C(CN1CCCC(CO)C1)c1ccc(Br)cc1. The number of hydrogen-bond acceptors (Lipinski definition) is 3. The molecule has 4 heteroatoms. The molecule has 1 heterocycles. The number of carbonyl (C=O) groups is 1. The summed E-state index contributed by atoms with van der Waals surface area (Å²) in [6, 6.07) is 7.47. The summed E-state index contributed by atoms with van der Waals surface area (Å²) in [5, 5.41) is 9.17. The maximum absolute atomic E-state index is 12.1. The number of halogens is 1. The zero-order chi connectivity index (χ0) is 13.0. The Bertz CT molecular complexity index is 405. The summed E-state index contributed by atoms with van der Waals surface area (Å²) >= 11 is 3.36. The fourth-order valence-corrected chi connectivity index (χ4v) is 2.64. The van der Waals surface area contributed by atoms with Crippen LogP contribution in [0, 0.1) is 5.92 Å². The molecule has 1 aliphatic heterocycles. The third-order valence-corrected chi connectivity index (χ3v) is 3.92. The predicted octanol–water partition coefficient (Wildman–Crippen LogP) is 2.34. The van der Waals surface area contributed by atoms with Crippen molar-refractivity contribution >= 4 is 21.7 Å². The second-order valence-electron chi connectivity index (χ2n) is 4.86. The van der Waals surface area contributed by atoms with Crippen molar-refractivity contribution in [3.05, 3.63) is 34.3 Å². The van der Waals surface area contributed by atoms with Crippen molar-refractivity contribution in [1.82, 2.24) is 4.90 Å². The number of benzene rings is 1. The average molecular weight is 312 g/mol. The van der Waals surface area contributed by atoms with Gasteiger partial charge in [0.25, 0.3) is 0 Å². The van der Waals surface area contributed by atoms with Gasteiger partial charge in [-0.1, -0.05) is 28.1 Å². The quantitative estimate of drug-likeness (QED) is 0.868. The molecule has 2 rings (SSSR count). The van der Waals surface area contributed by atoms with Crippen molar-refractivity contribution in [3.63, 3.8) is 0 Å². The number of aliphatic hydroxyl groups excluding tert-OH is 1. The van der Waals surface area contributed by atoms with Crippen LogP contribution in [0.5, 0.6) is 0 Å². The summed E-state index contributed by atoms with van der Waals surface area (Å²) in [5.74, 6) is 0.484. The third-order valence-electron chi connectivity index (χ3n) is 3.39. The van der Waals surface area contributed by atoms with Crippen LogP contribution < -0.4 is 0 Å².